The van der Waals surface area contributed by atoms with Crippen LogP contribution in [0.15, 0.2) is 0 Å². The van der Waals surface area contributed by atoms with Gasteiger partial charge in [0.05, 0.1) is 0 Å². The van der Waals surface area contributed by atoms with Crippen LogP contribution in [0.5, 0.6) is 0 Å². The molecule has 124 valence electrons. The SMILES string of the molecule is CCCNC1CCC(CC)CC1N(C)C1CCCC(C)C1. The van der Waals surface area contributed by atoms with Gasteiger partial charge in [-0.1, -0.05) is 40.0 Å². The van der Waals surface area contributed by atoms with Gasteiger partial charge in [-0.25, -0.2) is 0 Å². The largest absolute Gasteiger partial charge is 0.312 e. The molecule has 2 aliphatic carbocycles. The zero-order chi connectivity index (χ0) is 15.2. The minimum absolute atomic E-state index is 0.731. The molecule has 0 aliphatic heterocycles. The summed E-state index contributed by atoms with van der Waals surface area (Å²) >= 11 is 0. The molecule has 0 spiro atoms. The Balaban J connectivity index is 1.99. The highest BCUT2D eigenvalue weighted by atomic mass is 15.2. The van der Waals surface area contributed by atoms with E-state index in [2.05, 4.69) is 38.0 Å². The van der Waals surface area contributed by atoms with E-state index in [1.54, 1.807) is 0 Å². The summed E-state index contributed by atoms with van der Waals surface area (Å²) in [5, 5.41) is 3.86. The summed E-state index contributed by atoms with van der Waals surface area (Å²) in [7, 11) is 2.42. The van der Waals surface area contributed by atoms with Crippen LogP contribution in [0.2, 0.25) is 0 Å². The second kappa shape index (κ2) is 8.53. The van der Waals surface area contributed by atoms with Crippen molar-refractivity contribution in [2.75, 3.05) is 13.6 Å². The van der Waals surface area contributed by atoms with Crippen molar-refractivity contribution in [3.8, 4) is 0 Å². The molecule has 0 saturated heterocycles. The Morgan fingerprint density at radius 2 is 1.86 bits per heavy atom. The maximum atomic E-state index is 3.86. The first-order chi connectivity index (χ1) is 10.2. The number of rotatable bonds is 6. The highest BCUT2D eigenvalue weighted by molar-refractivity contribution is 4.93. The second-order valence-corrected chi connectivity index (χ2v) is 7.81. The molecule has 2 saturated carbocycles. The number of hydrogen-bond acceptors (Lipinski definition) is 2. The van der Waals surface area contributed by atoms with Crippen LogP contribution < -0.4 is 5.32 Å². The summed E-state index contributed by atoms with van der Waals surface area (Å²) in [6, 6.07) is 2.33. The predicted octanol–water partition coefficient (Wildman–Crippen LogP) is 4.44. The van der Waals surface area contributed by atoms with Gasteiger partial charge >= 0.3 is 0 Å². The molecule has 2 heteroatoms. The van der Waals surface area contributed by atoms with Crippen molar-refractivity contribution < 1.29 is 0 Å². The molecule has 0 aromatic carbocycles. The molecule has 2 rings (SSSR count). The molecule has 5 atom stereocenters. The van der Waals surface area contributed by atoms with Crippen LogP contribution in [0.3, 0.4) is 0 Å². The van der Waals surface area contributed by atoms with Crippen molar-refractivity contribution in [1.29, 1.82) is 0 Å². The molecule has 5 unspecified atom stereocenters. The fraction of sp³-hybridized carbons (Fsp3) is 1.00. The van der Waals surface area contributed by atoms with Crippen LogP contribution in [0.25, 0.3) is 0 Å². The van der Waals surface area contributed by atoms with E-state index in [1.165, 1.54) is 64.3 Å². The van der Waals surface area contributed by atoms with Crippen molar-refractivity contribution in [2.45, 2.75) is 96.7 Å². The van der Waals surface area contributed by atoms with Crippen molar-refractivity contribution >= 4 is 0 Å². The van der Waals surface area contributed by atoms with Gasteiger partial charge in [-0.05, 0) is 64.0 Å². The zero-order valence-electron chi connectivity index (χ0n) is 14.9. The molecule has 0 amide bonds. The second-order valence-electron chi connectivity index (χ2n) is 7.81. The normalized spacial score (nSPS) is 37.9. The summed E-state index contributed by atoms with van der Waals surface area (Å²) in [4.78, 5) is 2.78. The van der Waals surface area contributed by atoms with Gasteiger partial charge in [-0.15, -0.1) is 0 Å². The smallest absolute Gasteiger partial charge is 0.0251 e. The number of hydrogen-bond donors (Lipinski definition) is 1. The van der Waals surface area contributed by atoms with Gasteiger partial charge in [0.2, 0.25) is 0 Å². The van der Waals surface area contributed by atoms with Gasteiger partial charge in [0, 0.05) is 18.1 Å². The van der Waals surface area contributed by atoms with E-state index < -0.39 is 0 Å². The summed E-state index contributed by atoms with van der Waals surface area (Å²) in [5.74, 6) is 1.89. The van der Waals surface area contributed by atoms with Gasteiger partial charge in [-0.2, -0.15) is 0 Å². The lowest BCUT2D eigenvalue weighted by Gasteiger charge is -2.46. The van der Waals surface area contributed by atoms with E-state index in [9.17, 15) is 0 Å². The molecule has 2 nitrogen and oxygen atoms in total. The fourth-order valence-corrected chi connectivity index (χ4v) is 4.66. The molecule has 0 radical (unpaired) electrons. The summed E-state index contributed by atoms with van der Waals surface area (Å²) < 4.78 is 0. The third kappa shape index (κ3) is 4.69. The van der Waals surface area contributed by atoms with Crippen LogP contribution in [0.1, 0.15) is 78.6 Å². The Labute approximate surface area is 133 Å². The highest BCUT2D eigenvalue weighted by Gasteiger charge is 2.35. The lowest BCUT2D eigenvalue weighted by Crippen LogP contribution is -2.55. The molecule has 0 bridgehead atoms. The van der Waals surface area contributed by atoms with E-state index in [-0.39, 0.29) is 0 Å². The van der Waals surface area contributed by atoms with Gasteiger partial charge in [0.25, 0.3) is 0 Å². The zero-order valence-corrected chi connectivity index (χ0v) is 14.9. The van der Waals surface area contributed by atoms with Gasteiger partial charge in [0.15, 0.2) is 0 Å². The van der Waals surface area contributed by atoms with E-state index in [1.807, 2.05) is 0 Å². The Morgan fingerprint density at radius 1 is 1.05 bits per heavy atom. The van der Waals surface area contributed by atoms with Crippen molar-refractivity contribution in [3.05, 3.63) is 0 Å². The van der Waals surface area contributed by atoms with Crippen LogP contribution in [0.4, 0.5) is 0 Å². The highest BCUT2D eigenvalue weighted by Crippen LogP contribution is 2.34. The molecule has 1 N–H and O–H groups in total. The van der Waals surface area contributed by atoms with Gasteiger partial charge < -0.3 is 5.32 Å². The monoisotopic (exact) mass is 294 g/mol. The predicted molar refractivity (Wildman–Crippen MR) is 92.7 cm³/mol. The summed E-state index contributed by atoms with van der Waals surface area (Å²) in [5.41, 5.74) is 0. The van der Waals surface area contributed by atoms with E-state index >= 15 is 0 Å². The fourth-order valence-electron chi connectivity index (χ4n) is 4.66. The lowest BCUT2D eigenvalue weighted by molar-refractivity contribution is 0.0574. The van der Waals surface area contributed by atoms with E-state index in [4.69, 9.17) is 0 Å². The summed E-state index contributed by atoms with van der Waals surface area (Å²) in [6.07, 6.45) is 12.6. The van der Waals surface area contributed by atoms with Crippen LogP contribution in [-0.4, -0.2) is 36.6 Å². The third-order valence-electron chi connectivity index (χ3n) is 6.17. The minimum atomic E-state index is 0.731. The molecule has 2 fully saturated rings. The molecule has 0 aromatic rings. The van der Waals surface area contributed by atoms with Crippen LogP contribution >= 0.6 is 0 Å². The Kier molecular flexibility index (Phi) is 7.01. The number of nitrogens with one attached hydrogen (secondary N) is 1. The van der Waals surface area contributed by atoms with E-state index in [0.717, 1.165) is 30.0 Å². The van der Waals surface area contributed by atoms with Crippen LogP contribution in [0, 0.1) is 11.8 Å². The van der Waals surface area contributed by atoms with Crippen molar-refractivity contribution in [1.82, 2.24) is 10.2 Å². The topological polar surface area (TPSA) is 15.3 Å². The number of nitrogens with zero attached hydrogens (tertiary/aromatic N) is 1. The Morgan fingerprint density at radius 3 is 2.52 bits per heavy atom. The summed E-state index contributed by atoms with van der Waals surface area (Å²) in [6.45, 7) is 8.30. The van der Waals surface area contributed by atoms with Crippen molar-refractivity contribution in [3.63, 3.8) is 0 Å². The average molecular weight is 295 g/mol. The molecular weight excluding hydrogens is 256 g/mol. The maximum absolute atomic E-state index is 3.86. The first kappa shape index (κ1) is 17.3. The molecular formula is C19H38N2. The first-order valence-electron chi connectivity index (χ1n) is 9.60. The van der Waals surface area contributed by atoms with Crippen LogP contribution in [-0.2, 0) is 0 Å². The maximum Gasteiger partial charge on any atom is 0.0251 e. The van der Waals surface area contributed by atoms with Crippen molar-refractivity contribution in [2.24, 2.45) is 11.8 Å². The first-order valence-corrected chi connectivity index (χ1v) is 9.60. The Hall–Kier alpha value is -0.0800. The quantitative estimate of drug-likeness (QED) is 0.779. The minimum Gasteiger partial charge on any atom is -0.312 e. The molecule has 2 aliphatic rings. The van der Waals surface area contributed by atoms with Gasteiger partial charge in [-0.3, -0.25) is 4.90 Å². The standard InChI is InChI=1S/C19H38N2/c1-5-12-20-18-11-10-16(6-2)14-19(18)21(4)17-9-7-8-15(3)13-17/h15-20H,5-14H2,1-4H3. The third-order valence-corrected chi connectivity index (χ3v) is 6.17. The molecule has 0 heterocycles. The lowest BCUT2D eigenvalue weighted by atomic mass is 9.78. The molecule has 21 heavy (non-hydrogen) atoms. The molecule has 0 aromatic heterocycles. The van der Waals surface area contributed by atoms with E-state index in [0.29, 0.717) is 0 Å². The Bertz CT molecular complexity index is 291. The number of likely N-dealkylation sites (N-methyl/N-ethyl adjacent to an activating group) is 1. The van der Waals surface area contributed by atoms with Gasteiger partial charge in [0.1, 0.15) is 0 Å². The average Bonchev–Trinajstić information content (AvgIpc) is 2.52.